The molecule has 0 aliphatic rings. The molecule has 0 N–H and O–H groups in total. The van der Waals surface area contributed by atoms with Crippen molar-refractivity contribution in [3.05, 3.63) is 53.6 Å². The summed E-state index contributed by atoms with van der Waals surface area (Å²) in [5, 5.41) is 0. The molecule has 0 saturated carbocycles. The highest BCUT2D eigenvalue weighted by atomic mass is 16.5. The maximum absolute atomic E-state index is 11.5. The Kier molecular flexibility index (Phi) is 4.56. The summed E-state index contributed by atoms with van der Waals surface area (Å²) in [7, 11) is 2.80. The summed E-state index contributed by atoms with van der Waals surface area (Å²) in [6.45, 7) is 0. The molecule has 2 aromatic carbocycles. The third-order valence-electron chi connectivity index (χ3n) is 2.81. The van der Waals surface area contributed by atoms with Crippen molar-refractivity contribution in [2.75, 3.05) is 14.2 Å². The van der Waals surface area contributed by atoms with Gasteiger partial charge in [0.25, 0.3) is 0 Å². The SMILES string of the molecule is COC(=O)c1cccc(Oc2ccc(C=O)cc2OC)c1. The topological polar surface area (TPSA) is 61.8 Å². The molecule has 5 heteroatoms. The second-order valence-electron chi connectivity index (χ2n) is 4.15. The summed E-state index contributed by atoms with van der Waals surface area (Å²) in [4.78, 5) is 22.2. The molecule has 0 aliphatic heterocycles. The second kappa shape index (κ2) is 6.56. The van der Waals surface area contributed by atoms with Crippen molar-refractivity contribution in [1.29, 1.82) is 0 Å². The lowest BCUT2D eigenvalue weighted by Gasteiger charge is -2.11. The minimum absolute atomic E-state index is 0.387. The molecule has 0 aromatic heterocycles. The molecule has 2 aromatic rings. The van der Waals surface area contributed by atoms with E-state index in [1.54, 1.807) is 42.5 Å². The van der Waals surface area contributed by atoms with Gasteiger partial charge in [-0.3, -0.25) is 4.79 Å². The van der Waals surface area contributed by atoms with Gasteiger partial charge in [-0.05, 0) is 36.4 Å². The van der Waals surface area contributed by atoms with E-state index in [4.69, 9.17) is 9.47 Å². The fraction of sp³-hybridized carbons (Fsp3) is 0.125. The predicted molar refractivity (Wildman–Crippen MR) is 76.2 cm³/mol. The average Bonchev–Trinajstić information content (AvgIpc) is 2.54. The summed E-state index contributed by atoms with van der Waals surface area (Å²) in [6, 6.07) is 11.4. The minimum Gasteiger partial charge on any atom is -0.493 e. The van der Waals surface area contributed by atoms with E-state index in [-0.39, 0.29) is 0 Å². The Balaban J connectivity index is 2.29. The van der Waals surface area contributed by atoms with E-state index in [9.17, 15) is 9.59 Å². The Labute approximate surface area is 122 Å². The Morgan fingerprint density at radius 1 is 1.05 bits per heavy atom. The van der Waals surface area contributed by atoms with Crippen molar-refractivity contribution in [3.63, 3.8) is 0 Å². The first kappa shape index (κ1) is 14.6. The van der Waals surface area contributed by atoms with Crippen molar-refractivity contribution in [1.82, 2.24) is 0 Å². The maximum atomic E-state index is 11.5. The van der Waals surface area contributed by atoms with E-state index in [1.165, 1.54) is 14.2 Å². The van der Waals surface area contributed by atoms with Gasteiger partial charge in [-0.2, -0.15) is 0 Å². The first-order valence-electron chi connectivity index (χ1n) is 6.17. The third kappa shape index (κ3) is 3.39. The van der Waals surface area contributed by atoms with Gasteiger partial charge in [-0.1, -0.05) is 6.07 Å². The molecule has 5 nitrogen and oxygen atoms in total. The highest BCUT2D eigenvalue weighted by Gasteiger charge is 2.10. The van der Waals surface area contributed by atoms with Crippen LogP contribution in [0.5, 0.6) is 17.2 Å². The van der Waals surface area contributed by atoms with E-state index in [0.29, 0.717) is 28.4 Å². The van der Waals surface area contributed by atoms with Crippen LogP contribution < -0.4 is 9.47 Å². The number of hydrogen-bond acceptors (Lipinski definition) is 5. The minimum atomic E-state index is -0.441. The van der Waals surface area contributed by atoms with Crippen molar-refractivity contribution >= 4 is 12.3 Å². The number of benzene rings is 2. The molecule has 0 aliphatic carbocycles. The molecular weight excluding hydrogens is 272 g/mol. The monoisotopic (exact) mass is 286 g/mol. The second-order valence-corrected chi connectivity index (χ2v) is 4.15. The lowest BCUT2D eigenvalue weighted by Crippen LogP contribution is -2.01. The van der Waals surface area contributed by atoms with Crippen LogP contribution in [0.15, 0.2) is 42.5 Å². The van der Waals surface area contributed by atoms with Gasteiger partial charge in [0.05, 0.1) is 19.8 Å². The molecule has 0 fully saturated rings. The van der Waals surface area contributed by atoms with Gasteiger partial charge in [0.15, 0.2) is 11.5 Å². The van der Waals surface area contributed by atoms with Crippen LogP contribution in [-0.4, -0.2) is 26.5 Å². The highest BCUT2D eigenvalue weighted by molar-refractivity contribution is 5.89. The number of carbonyl (C=O) groups excluding carboxylic acids is 2. The number of carbonyl (C=O) groups is 2. The zero-order valence-corrected chi connectivity index (χ0v) is 11.7. The first-order chi connectivity index (χ1) is 10.2. The van der Waals surface area contributed by atoms with Gasteiger partial charge in [0.1, 0.15) is 12.0 Å². The first-order valence-corrected chi connectivity index (χ1v) is 6.17. The molecule has 0 bridgehead atoms. The molecule has 0 spiro atoms. The lowest BCUT2D eigenvalue weighted by molar-refractivity contribution is 0.0600. The summed E-state index contributed by atoms with van der Waals surface area (Å²) < 4.78 is 15.5. The number of methoxy groups -OCH3 is 2. The van der Waals surface area contributed by atoms with Crippen LogP contribution in [0.4, 0.5) is 0 Å². The van der Waals surface area contributed by atoms with Crippen LogP contribution in [0.3, 0.4) is 0 Å². The van der Waals surface area contributed by atoms with Gasteiger partial charge in [0.2, 0.25) is 0 Å². The number of ether oxygens (including phenoxy) is 3. The normalized spacial score (nSPS) is 9.81. The van der Waals surface area contributed by atoms with Crippen molar-refractivity contribution < 1.29 is 23.8 Å². The van der Waals surface area contributed by atoms with Crippen LogP contribution in [-0.2, 0) is 4.74 Å². The third-order valence-corrected chi connectivity index (χ3v) is 2.81. The van der Waals surface area contributed by atoms with Crippen LogP contribution in [0.25, 0.3) is 0 Å². The van der Waals surface area contributed by atoms with Crippen molar-refractivity contribution in [2.45, 2.75) is 0 Å². The van der Waals surface area contributed by atoms with E-state index in [0.717, 1.165) is 6.29 Å². The van der Waals surface area contributed by atoms with Gasteiger partial charge in [-0.15, -0.1) is 0 Å². The molecule has 0 unspecified atom stereocenters. The average molecular weight is 286 g/mol. The lowest BCUT2D eigenvalue weighted by atomic mass is 10.2. The molecule has 0 heterocycles. The fourth-order valence-corrected chi connectivity index (χ4v) is 1.77. The Morgan fingerprint density at radius 2 is 1.86 bits per heavy atom. The summed E-state index contributed by atoms with van der Waals surface area (Å²) in [5.74, 6) is 0.909. The molecule has 0 atom stereocenters. The molecular formula is C16H14O5. The summed E-state index contributed by atoms with van der Waals surface area (Å²) >= 11 is 0. The molecule has 108 valence electrons. The Bertz CT molecular complexity index is 663. The van der Waals surface area contributed by atoms with Crippen LogP contribution in [0.2, 0.25) is 0 Å². The van der Waals surface area contributed by atoms with Crippen LogP contribution in [0.1, 0.15) is 20.7 Å². The van der Waals surface area contributed by atoms with Gasteiger partial charge in [0, 0.05) is 5.56 Å². The van der Waals surface area contributed by atoms with Gasteiger partial charge >= 0.3 is 5.97 Å². The highest BCUT2D eigenvalue weighted by Crippen LogP contribution is 2.32. The largest absolute Gasteiger partial charge is 0.493 e. The Morgan fingerprint density at radius 3 is 2.52 bits per heavy atom. The number of hydrogen-bond donors (Lipinski definition) is 0. The van der Waals surface area contributed by atoms with Gasteiger partial charge in [-0.25, -0.2) is 4.79 Å². The fourth-order valence-electron chi connectivity index (χ4n) is 1.77. The molecule has 0 amide bonds. The van der Waals surface area contributed by atoms with Crippen LogP contribution >= 0.6 is 0 Å². The molecule has 21 heavy (non-hydrogen) atoms. The van der Waals surface area contributed by atoms with E-state index in [2.05, 4.69) is 4.74 Å². The van der Waals surface area contributed by atoms with E-state index in [1.807, 2.05) is 0 Å². The summed E-state index contributed by atoms with van der Waals surface area (Å²) in [6.07, 6.45) is 0.726. The maximum Gasteiger partial charge on any atom is 0.337 e. The van der Waals surface area contributed by atoms with Crippen molar-refractivity contribution in [3.8, 4) is 17.2 Å². The molecule has 0 radical (unpaired) electrons. The standard InChI is InChI=1S/C16H14O5/c1-19-15-8-11(10-17)6-7-14(15)21-13-5-3-4-12(9-13)16(18)20-2/h3-10H,1-2H3. The zero-order valence-electron chi connectivity index (χ0n) is 11.7. The quantitative estimate of drug-likeness (QED) is 0.624. The zero-order chi connectivity index (χ0) is 15.2. The smallest absolute Gasteiger partial charge is 0.337 e. The number of rotatable bonds is 5. The molecule has 2 rings (SSSR count). The Hall–Kier alpha value is -2.82. The van der Waals surface area contributed by atoms with E-state index < -0.39 is 5.97 Å². The summed E-state index contributed by atoms with van der Waals surface area (Å²) in [5.41, 5.74) is 0.876. The molecule has 0 saturated heterocycles. The predicted octanol–water partition coefficient (Wildman–Crippen LogP) is 3.09. The van der Waals surface area contributed by atoms with Crippen LogP contribution in [0, 0.1) is 0 Å². The number of esters is 1. The van der Waals surface area contributed by atoms with Gasteiger partial charge < -0.3 is 14.2 Å². The van der Waals surface area contributed by atoms with E-state index >= 15 is 0 Å². The number of aldehydes is 1. The van der Waals surface area contributed by atoms with Crippen molar-refractivity contribution in [2.24, 2.45) is 0 Å².